The summed E-state index contributed by atoms with van der Waals surface area (Å²) in [5, 5.41) is 5.43. The molecule has 1 aliphatic rings. The fourth-order valence-electron chi connectivity index (χ4n) is 3.68. The Morgan fingerprint density at radius 3 is 2.68 bits per heavy atom. The molecule has 0 aromatic heterocycles. The Hall–Kier alpha value is -2.36. The van der Waals surface area contributed by atoms with Crippen LogP contribution in [-0.2, 0) is 9.59 Å². The number of likely N-dealkylation sites (tertiary alicyclic amines) is 1. The molecule has 4 heteroatoms. The Labute approximate surface area is 149 Å². The average Bonchev–Trinajstić information content (AvgIpc) is 2.61. The van der Waals surface area contributed by atoms with Gasteiger partial charge in [0.05, 0.1) is 6.04 Å². The van der Waals surface area contributed by atoms with Crippen molar-refractivity contribution in [3.8, 4) is 0 Å². The van der Waals surface area contributed by atoms with Gasteiger partial charge in [-0.05, 0) is 43.0 Å². The predicted molar refractivity (Wildman–Crippen MR) is 100 cm³/mol. The first-order chi connectivity index (χ1) is 12.1. The van der Waals surface area contributed by atoms with E-state index in [9.17, 15) is 9.59 Å². The number of rotatable bonds is 5. The van der Waals surface area contributed by atoms with Crippen LogP contribution in [0.25, 0.3) is 10.8 Å². The summed E-state index contributed by atoms with van der Waals surface area (Å²) in [6.45, 7) is 4.74. The molecule has 132 valence electrons. The van der Waals surface area contributed by atoms with Gasteiger partial charge in [-0.3, -0.25) is 9.59 Å². The number of nitrogens with one attached hydrogen (secondary N) is 1. The van der Waals surface area contributed by atoms with E-state index in [4.69, 9.17) is 0 Å². The smallest absolute Gasteiger partial charge is 0.222 e. The number of carbonyl (C=O) groups excluding carboxylic acids is 2. The molecule has 2 aromatic carbocycles. The molecule has 1 N–H and O–H groups in total. The number of hydrogen-bond donors (Lipinski definition) is 1. The first-order valence-corrected chi connectivity index (χ1v) is 9.13. The first-order valence-electron chi connectivity index (χ1n) is 9.13. The lowest BCUT2D eigenvalue weighted by atomic mass is 9.99. The quantitative estimate of drug-likeness (QED) is 0.901. The highest BCUT2D eigenvalue weighted by molar-refractivity contribution is 5.87. The number of nitrogens with zero attached hydrogens (tertiary/aromatic N) is 1. The van der Waals surface area contributed by atoms with Crippen LogP contribution in [0.15, 0.2) is 42.5 Å². The summed E-state index contributed by atoms with van der Waals surface area (Å²) >= 11 is 0. The van der Waals surface area contributed by atoms with Crippen molar-refractivity contribution in [1.82, 2.24) is 10.2 Å². The molecule has 0 spiro atoms. The third-order valence-corrected chi connectivity index (χ3v) is 5.04. The summed E-state index contributed by atoms with van der Waals surface area (Å²) in [5.41, 5.74) is 1.12. The van der Waals surface area contributed by atoms with E-state index >= 15 is 0 Å². The van der Waals surface area contributed by atoms with Crippen LogP contribution < -0.4 is 5.32 Å². The summed E-state index contributed by atoms with van der Waals surface area (Å²) in [6.07, 6.45) is 2.95. The second-order valence-electron chi connectivity index (χ2n) is 6.95. The van der Waals surface area contributed by atoms with Crippen LogP contribution >= 0.6 is 0 Å². The zero-order chi connectivity index (χ0) is 17.8. The average molecular weight is 338 g/mol. The Balaban J connectivity index is 1.65. The second kappa shape index (κ2) is 7.68. The Morgan fingerprint density at radius 2 is 1.88 bits per heavy atom. The van der Waals surface area contributed by atoms with Crippen molar-refractivity contribution < 1.29 is 9.59 Å². The minimum absolute atomic E-state index is 0.00805. The first kappa shape index (κ1) is 17.5. The molecule has 4 nitrogen and oxygen atoms in total. The van der Waals surface area contributed by atoms with Gasteiger partial charge in [-0.2, -0.15) is 0 Å². The molecule has 2 atom stereocenters. The highest BCUT2D eigenvalue weighted by atomic mass is 16.2. The van der Waals surface area contributed by atoms with Crippen LogP contribution in [0.2, 0.25) is 0 Å². The van der Waals surface area contributed by atoms with Gasteiger partial charge in [0.1, 0.15) is 0 Å². The lowest BCUT2D eigenvalue weighted by molar-refractivity contribution is -0.136. The van der Waals surface area contributed by atoms with Crippen LogP contribution in [0, 0.1) is 0 Å². The van der Waals surface area contributed by atoms with Crippen molar-refractivity contribution >= 4 is 22.6 Å². The van der Waals surface area contributed by atoms with Crippen LogP contribution in [0.1, 0.15) is 51.1 Å². The maximum absolute atomic E-state index is 12.5. The Kier molecular flexibility index (Phi) is 5.37. The van der Waals surface area contributed by atoms with Crippen molar-refractivity contribution in [2.45, 2.75) is 51.6 Å². The van der Waals surface area contributed by atoms with Crippen LogP contribution in [0.3, 0.4) is 0 Å². The van der Waals surface area contributed by atoms with E-state index in [-0.39, 0.29) is 23.9 Å². The molecule has 1 heterocycles. The van der Waals surface area contributed by atoms with E-state index in [2.05, 4.69) is 29.6 Å². The summed E-state index contributed by atoms with van der Waals surface area (Å²) in [5.74, 6) is 0.167. The number of carbonyl (C=O) groups is 2. The van der Waals surface area contributed by atoms with Crippen molar-refractivity contribution in [3.05, 3.63) is 48.0 Å². The highest BCUT2D eigenvalue weighted by Gasteiger charge is 2.25. The van der Waals surface area contributed by atoms with E-state index < -0.39 is 0 Å². The molecule has 1 fully saturated rings. The van der Waals surface area contributed by atoms with Crippen molar-refractivity contribution in [2.75, 3.05) is 6.54 Å². The van der Waals surface area contributed by atoms with Gasteiger partial charge in [0.2, 0.25) is 11.8 Å². The van der Waals surface area contributed by atoms with E-state index in [0.717, 1.165) is 30.3 Å². The van der Waals surface area contributed by atoms with Gasteiger partial charge >= 0.3 is 0 Å². The van der Waals surface area contributed by atoms with Gasteiger partial charge in [-0.1, -0.05) is 42.5 Å². The number of fused-ring (bicyclic) bond motifs is 1. The minimum atomic E-state index is -0.0668. The van der Waals surface area contributed by atoms with Gasteiger partial charge in [0, 0.05) is 25.4 Å². The fourth-order valence-corrected chi connectivity index (χ4v) is 3.68. The summed E-state index contributed by atoms with van der Waals surface area (Å²) in [6, 6.07) is 14.3. The lowest BCUT2D eigenvalue weighted by Crippen LogP contribution is -2.44. The van der Waals surface area contributed by atoms with Crippen molar-refractivity contribution in [2.24, 2.45) is 0 Å². The van der Waals surface area contributed by atoms with Crippen molar-refractivity contribution in [3.63, 3.8) is 0 Å². The highest BCUT2D eigenvalue weighted by Crippen LogP contribution is 2.24. The maximum Gasteiger partial charge on any atom is 0.222 e. The van der Waals surface area contributed by atoms with Gasteiger partial charge in [-0.25, -0.2) is 0 Å². The minimum Gasteiger partial charge on any atom is -0.349 e. The number of benzene rings is 2. The third kappa shape index (κ3) is 4.01. The van der Waals surface area contributed by atoms with E-state index in [0.29, 0.717) is 12.8 Å². The molecule has 0 bridgehead atoms. The van der Waals surface area contributed by atoms with Crippen molar-refractivity contribution in [1.29, 1.82) is 0 Å². The molecular weight excluding hydrogens is 312 g/mol. The van der Waals surface area contributed by atoms with Gasteiger partial charge in [0.15, 0.2) is 0 Å². The normalized spacial score (nSPS) is 17.4. The molecule has 0 radical (unpaired) electrons. The fraction of sp³-hybridized carbons (Fsp3) is 0.429. The van der Waals surface area contributed by atoms with Crippen LogP contribution in [0.5, 0.6) is 0 Å². The molecule has 0 saturated carbocycles. The van der Waals surface area contributed by atoms with E-state index in [1.165, 1.54) is 5.39 Å². The number of hydrogen-bond acceptors (Lipinski definition) is 2. The standard InChI is InChI=1S/C21H26N2O2/c1-15(23-13-6-5-12-21(23)25)14-20(24)22-16(2)18-11-7-9-17-8-3-4-10-19(17)18/h3-4,7-11,15-16H,5-6,12-14H2,1-2H3,(H,22,24)/t15-,16-/m1/s1. The molecule has 0 unspecified atom stereocenters. The van der Waals surface area contributed by atoms with E-state index in [1.807, 2.05) is 36.9 Å². The molecule has 2 aromatic rings. The maximum atomic E-state index is 12.5. The van der Waals surface area contributed by atoms with Gasteiger partial charge in [0.25, 0.3) is 0 Å². The SMILES string of the molecule is C[C@H](CC(=O)N[C@H](C)c1cccc2ccccc12)N1CCCCC1=O. The zero-order valence-electron chi connectivity index (χ0n) is 15.0. The monoisotopic (exact) mass is 338 g/mol. The topological polar surface area (TPSA) is 49.4 Å². The zero-order valence-corrected chi connectivity index (χ0v) is 15.0. The molecule has 0 aliphatic carbocycles. The predicted octanol–water partition coefficient (Wildman–Crippen LogP) is 3.81. The third-order valence-electron chi connectivity index (χ3n) is 5.04. The Morgan fingerprint density at radius 1 is 1.12 bits per heavy atom. The molecular formula is C21H26N2O2. The summed E-state index contributed by atoms with van der Waals surface area (Å²) in [4.78, 5) is 26.3. The van der Waals surface area contributed by atoms with Crippen LogP contribution in [0.4, 0.5) is 0 Å². The summed E-state index contributed by atoms with van der Waals surface area (Å²) < 4.78 is 0. The number of amides is 2. The molecule has 3 rings (SSSR count). The number of piperidine rings is 1. The molecule has 1 saturated heterocycles. The summed E-state index contributed by atoms with van der Waals surface area (Å²) in [7, 11) is 0. The molecule has 25 heavy (non-hydrogen) atoms. The largest absolute Gasteiger partial charge is 0.349 e. The molecule has 2 amide bonds. The molecule has 1 aliphatic heterocycles. The second-order valence-corrected chi connectivity index (χ2v) is 6.95. The Bertz CT molecular complexity index is 766. The van der Waals surface area contributed by atoms with E-state index in [1.54, 1.807) is 0 Å². The van der Waals surface area contributed by atoms with Gasteiger partial charge in [-0.15, -0.1) is 0 Å². The van der Waals surface area contributed by atoms with Gasteiger partial charge < -0.3 is 10.2 Å². The lowest BCUT2D eigenvalue weighted by Gasteiger charge is -2.32. The van der Waals surface area contributed by atoms with Crippen LogP contribution in [-0.4, -0.2) is 29.3 Å².